The van der Waals surface area contributed by atoms with Crippen molar-refractivity contribution in [2.45, 2.75) is 19.5 Å². The summed E-state index contributed by atoms with van der Waals surface area (Å²) in [6.45, 7) is 5.22. The average molecular weight is 354 g/mol. The first kappa shape index (κ1) is 16.6. The van der Waals surface area contributed by atoms with Crippen molar-refractivity contribution in [2.75, 3.05) is 24.5 Å². The lowest BCUT2D eigenvalue weighted by Crippen LogP contribution is -2.51. The van der Waals surface area contributed by atoms with Gasteiger partial charge in [0.1, 0.15) is 11.6 Å². The van der Waals surface area contributed by atoms with E-state index in [4.69, 9.17) is 4.52 Å². The third-order valence-electron chi connectivity index (χ3n) is 4.46. The van der Waals surface area contributed by atoms with Crippen LogP contribution >= 0.6 is 0 Å². The van der Waals surface area contributed by atoms with Crippen molar-refractivity contribution in [3.8, 4) is 11.4 Å². The molecule has 3 aromatic heterocycles. The Hall–Kier alpha value is -2.87. The van der Waals surface area contributed by atoms with Crippen LogP contribution < -0.4 is 4.90 Å². The highest BCUT2D eigenvalue weighted by Crippen LogP contribution is 2.20. The van der Waals surface area contributed by atoms with Gasteiger partial charge in [0.15, 0.2) is 0 Å². The zero-order valence-electron chi connectivity index (χ0n) is 14.4. The lowest BCUT2D eigenvalue weighted by atomic mass is 10.2. The Morgan fingerprint density at radius 2 is 2.15 bits per heavy atom. The van der Waals surface area contributed by atoms with Crippen LogP contribution in [0.3, 0.4) is 0 Å². The minimum Gasteiger partial charge on any atom is -0.351 e. The molecule has 1 atom stereocenters. The van der Waals surface area contributed by atoms with E-state index < -0.39 is 0 Å². The van der Waals surface area contributed by atoms with Gasteiger partial charge >= 0.3 is 0 Å². The van der Waals surface area contributed by atoms with Gasteiger partial charge in [-0.15, -0.1) is 0 Å². The van der Waals surface area contributed by atoms with Crippen LogP contribution in [0.5, 0.6) is 0 Å². The summed E-state index contributed by atoms with van der Waals surface area (Å²) < 4.78 is 18.4. The first-order valence-corrected chi connectivity index (χ1v) is 8.52. The van der Waals surface area contributed by atoms with E-state index in [1.54, 1.807) is 18.5 Å². The lowest BCUT2D eigenvalue weighted by Gasteiger charge is -2.40. The first-order valence-electron chi connectivity index (χ1n) is 8.52. The molecule has 1 aliphatic rings. The lowest BCUT2D eigenvalue weighted by molar-refractivity contribution is 0.193. The highest BCUT2D eigenvalue weighted by molar-refractivity contribution is 5.51. The molecule has 26 heavy (non-hydrogen) atoms. The van der Waals surface area contributed by atoms with Gasteiger partial charge in [0.25, 0.3) is 0 Å². The number of anilines is 1. The fourth-order valence-corrected chi connectivity index (χ4v) is 3.18. The molecular weight excluding hydrogens is 335 g/mol. The van der Waals surface area contributed by atoms with Gasteiger partial charge in [0.2, 0.25) is 11.7 Å². The number of hydrogen-bond acceptors (Lipinski definition) is 7. The summed E-state index contributed by atoms with van der Waals surface area (Å²) >= 11 is 0. The van der Waals surface area contributed by atoms with Gasteiger partial charge in [0, 0.05) is 43.6 Å². The van der Waals surface area contributed by atoms with Crippen molar-refractivity contribution in [3.05, 3.63) is 54.6 Å². The van der Waals surface area contributed by atoms with Crippen molar-refractivity contribution >= 4 is 5.82 Å². The topological polar surface area (TPSA) is 71.2 Å². The average Bonchev–Trinajstić information content (AvgIpc) is 3.12. The summed E-state index contributed by atoms with van der Waals surface area (Å²) in [4.78, 5) is 17.2. The minimum absolute atomic E-state index is 0.252. The van der Waals surface area contributed by atoms with E-state index in [-0.39, 0.29) is 11.9 Å². The molecule has 4 rings (SSSR count). The molecule has 0 N–H and O–H groups in total. The molecule has 3 aromatic rings. The van der Waals surface area contributed by atoms with Crippen molar-refractivity contribution in [1.82, 2.24) is 25.0 Å². The smallest absolute Gasteiger partial charge is 0.241 e. The second kappa shape index (κ2) is 7.17. The maximum absolute atomic E-state index is 13.1. The number of pyridine rings is 2. The van der Waals surface area contributed by atoms with Gasteiger partial charge in [-0.25, -0.2) is 9.37 Å². The third-order valence-corrected chi connectivity index (χ3v) is 4.46. The number of hydrogen-bond donors (Lipinski definition) is 0. The Kier molecular flexibility index (Phi) is 4.57. The predicted octanol–water partition coefficient (Wildman–Crippen LogP) is 2.38. The fourth-order valence-electron chi connectivity index (χ4n) is 3.18. The zero-order chi connectivity index (χ0) is 17.9. The second-order valence-corrected chi connectivity index (χ2v) is 6.37. The van der Waals surface area contributed by atoms with E-state index >= 15 is 0 Å². The number of rotatable bonds is 4. The summed E-state index contributed by atoms with van der Waals surface area (Å²) in [7, 11) is 0. The van der Waals surface area contributed by atoms with Crippen LogP contribution in [0.2, 0.25) is 0 Å². The van der Waals surface area contributed by atoms with E-state index in [2.05, 4.69) is 36.8 Å². The van der Waals surface area contributed by atoms with Crippen LogP contribution in [-0.4, -0.2) is 50.7 Å². The number of halogens is 1. The molecule has 1 unspecified atom stereocenters. The summed E-state index contributed by atoms with van der Waals surface area (Å²) in [5, 5.41) is 4.03. The van der Waals surface area contributed by atoms with E-state index in [9.17, 15) is 4.39 Å². The molecule has 0 aromatic carbocycles. The molecule has 4 heterocycles. The van der Waals surface area contributed by atoms with Crippen LogP contribution in [-0.2, 0) is 6.54 Å². The highest BCUT2D eigenvalue weighted by Gasteiger charge is 2.26. The molecule has 1 fully saturated rings. The summed E-state index contributed by atoms with van der Waals surface area (Å²) in [6.07, 6.45) is 4.68. The second-order valence-electron chi connectivity index (χ2n) is 6.37. The maximum atomic E-state index is 13.1. The Labute approximate surface area is 150 Å². The van der Waals surface area contributed by atoms with Crippen molar-refractivity contribution in [2.24, 2.45) is 0 Å². The standard InChI is InChI=1S/C18H19FN6O/c1-13-11-24(7-8-25(13)16-5-4-15(19)10-21-16)12-17-22-18(23-26-17)14-3-2-6-20-9-14/h2-6,9-10,13H,7-8,11-12H2,1H3. The van der Waals surface area contributed by atoms with Crippen LogP contribution in [0.15, 0.2) is 47.4 Å². The molecule has 134 valence electrons. The summed E-state index contributed by atoms with van der Waals surface area (Å²) in [5.41, 5.74) is 0.836. The molecule has 0 radical (unpaired) electrons. The van der Waals surface area contributed by atoms with Crippen molar-refractivity contribution < 1.29 is 8.91 Å². The number of aromatic nitrogens is 4. The Balaban J connectivity index is 1.39. The summed E-state index contributed by atoms with van der Waals surface area (Å²) in [6, 6.07) is 7.16. The van der Waals surface area contributed by atoms with Crippen molar-refractivity contribution in [3.63, 3.8) is 0 Å². The molecule has 0 bridgehead atoms. The van der Waals surface area contributed by atoms with Gasteiger partial charge in [0.05, 0.1) is 12.7 Å². The molecule has 8 heteroatoms. The van der Waals surface area contributed by atoms with Gasteiger partial charge in [-0.2, -0.15) is 4.98 Å². The summed E-state index contributed by atoms with van der Waals surface area (Å²) in [5.74, 6) is 1.62. The minimum atomic E-state index is -0.319. The number of piperazine rings is 1. The molecule has 0 amide bonds. The first-order chi connectivity index (χ1) is 12.7. The predicted molar refractivity (Wildman–Crippen MR) is 93.8 cm³/mol. The molecular formula is C18H19FN6O. The molecule has 7 nitrogen and oxygen atoms in total. The quantitative estimate of drug-likeness (QED) is 0.712. The van der Waals surface area contributed by atoms with Crippen LogP contribution in [0, 0.1) is 5.82 Å². The highest BCUT2D eigenvalue weighted by atomic mass is 19.1. The zero-order valence-corrected chi connectivity index (χ0v) is 14.4. The van der Waals surface area contributed by atoms with Crippen LogP contribution in [0.4, 0.5) is 10.2 Å². The van der Waals surface area contributed by atoms with E-state index in [0.717, 1.165) is 31.0 Å². The number of nitrogens with zero attached hydrogens (tertiary/aromatic N) is 6. The van der Waals surface area contributed by atoms with Crippen molar-refractivity contribution in [1.29, 1.82) is 0 Å². The third kappa shape index (κ3) is 3.55. The SMILES string of the molecule is CC1CN(Cc2nc(-c3cccnc3)no2)CCN1c1ccc(F)cn1. The van der Waals surface area contributed by atoms with Gasteiger partial charge in [-0.05, 0) is 31.2 Å². The van der Waals surface area contributed by atoms with E-state index in [0.29, 0.717) is 18.3 Å². The Morgan fingerprint density at radius 3 is 2.88 bits per heavy atom. The van der Waals surface area contributed by atoms with E-state index in [1.165, 1.54) is 12.3 Å². The maximum Gasteiger partial charge on any atom is 0.241 e. The van der Waals surface area contributed by atoms with Gasteiger partial charge in [-0.3, -0.25) is 9.88 Å². The van der Waals surface area contributed by atoms with Crippen LogP contribution in [0.1, 0.15) is 12.8 Å². The molecule has 1 aliphatic heterocycles. The largest absolute Gasteiger partial charge is 0.351 e. The van der Waals surface area contributed by atoms with Crippen LogP contribution in [0.25, 0.3) is 11.4 Å². The molecule has 1 saturated heterocycles. The van der Waals surface area contributed by atoms with Gasteiger partial charge < -0.3 is 9.42 Å². The molecule has 0 spiro atoms. The Bertz CT molecular complexity index is 854. The fraction of sp³-hybridized carbons (Fsp3) is 0.333. The monoisotopic (exact) mass is 354 g/mol. The normalized spacial score (nSPS) is 18.2. The molecule has 0 saturated carbocycles. The Morgan fingerprint density at radius 1 is 1.23 bits per heavy atom. The van der Waals surface area contributed by atoms with E-state index in [1.807, 2.05) is 12.1 Å². The van der Waals surface area contributed by atoms with Gasteiger partial charge in [-0.1, -0.05) is 5.16 Å². The molecule has 0 aliphatic carbocycles.